The van der Waals surface area contributed by atoms with E-state index in [1.54, 1.807) is 4.31 Å². The molecule has 0 atom stereocenters. The molecule has 1 aliphatic carbocycles. The van der Waals surface area contributed by atoms with Gasteiger partial charge in [-0.05, 0) is 31.2 Å². The lowest BCUT2D eigenvalue weighted by Gasteiger charge is -2.31. The first-order valence-corrected chi connectivity index (χ1v) is 10.5. The molecule has 1 amide bonds. The number of nitrogens with one attached hydrogen (secondary N) is 1. The van der Waals surface area contributed by atoms with E-state index in [9.17, 15) is 13.2 Å². The SMILES string of the molecule is O=C(NC1CCCC1)C1CCN(S(=O)(=O)Cc2ccccc2)CC1. The highest BCUT2D eigenvalue weighted by Crippen LogP contribution is 2.23. The van der Waals surface area contributed by atoms with E-state index in [4.69, 9.17) is 0 Å². The van der Waals surface area contributed by atoms with Crippen molar-refractivity contribution >= 4 is 15.9 Å². The van der Waals surface area contributed by atoms with Crippen LogP contribution in [-0.4, -0.2) is 37.8 Å². The quantitative estimate of drug-likeness (QED) is 0.886. The molecule has 1 aromatic carbocycles. The molecular weight excluding hydrogens is 324 g/mol. The number of rotatable bonds is 5. The minimum atomic E-state index is -3.31. The summed E-state index contributed by atoms with van der Waals surface area (Å²) < 4.78 is 26.6. The number of hydrogen-bond acceptors (Lipinski definition) is 3. The maximum Gasteiger partial charge on any atom is 0.223 e. The Labute approximate surface area is 144 Å². The van der Waals surface area contributed by atoms with Gasteiger partial charge in [0.25, 0.3) is 0 Å². The summed E-state index contributed by atoms with van der Waals surface area (Å²) in [6.07, 6.45) is 5.79. The maximum atomic E-state index is 12.5. The molecule has 1 saturated carbocycles. The molecule has 6 heteroatoms. The predicted octanol–water partition coefficient (Wildman–Crippen LogP) is 2.29. The van der Waals surface area contributed by atoms with Crippen molar-refractivity contribution in [3.05, 3.63) is 35.9 Å². The van der Waals surface area contributed by atoms with Gasteiger partial charge in [0.2, 0.25) is 15.9 Å². The second kappa shape index (κ2) is 7.66. The van der Waals surface area contributed by atoms with E-state index >= 15 is 0 Å². The minimum absolute atomic E-state index is 0.0345. The van der Waals surface area contributed by atoms with Crippen LogP contribution in [-0.2, 0) is 20.6 Å². The molecule has 1 saturated heterocycles. The van der Waals surface area contributed by atoms with Crippen LogP contribution in [0, 0.1) is 5.92 Å². The van der Waals surface area contributed by atoms with Gasteiger partial charge in [-0.2, -0.15) is 0 Å². The molecule has 0 spiro atoms. The van der Waals surface area contributed by atoms with E-state index < -0.39 is 10.0 Å². The highest BCUT2D eigenvalue weighted by molar-refractivity contribution is 7.88. The molecule has 0 unspecified atom stereocenters. The molecule has 132 valence electrons. The number of piperidine rings is 1. The van der Waals surface area contributed by atoms with Gasteiger partial charge in [-0.3, -0.25) is 4.79 Å². The van der Waals surface area contributed by atoms with Gasteiger partial charge in [-0.25, -0.2) is 12.7 Å². The van der Waals surface area contributed by atoms with Crippen LogP contribution in [0.1, 0.15) is 44.1 Å². The van der Waals surface area contributed by atoms with Gasteiger partial charge in [0.05, 0.1) is 5.75 Å². The molecule has 0 aromatic heterocycles. The van der Waals surface area contributed by atoms with E-state index in [-0.39, 0.29) is 17.6 Å². The van der Waals surface area contributed by atoms with Crippen molar-refractivity contribution in [2.45, 2.75) is 50.3 Å². The zero-order valence-corrected chi connectivity index (χ0v) is 14.8. The Morgan fingerprint density at radius 2 is 1.67 bits per heavy atom. The third kappa shape index (κ3) is 4.36. The number of sulfonamides is 1. The molecule has 2 aliphatic rings. The van der Waals surface area contributed by atoms with Gasteiger partial charge in [0, 0.05) is 25.0 Å². The van der Waals surface area contributed by atoms with E-state index in [0.717, 1.165) is 18.4 Å². The molecule has 1 heterocycles. The zero-order valence-electron chi connectivity index (χ0n) is 14.0. The molecule has 0 bridgehead atoms. The van der Waals surface area contributed by atoms with Crippen molar-refractivity contribution in [1.29, 1.82) is 0 Å². The number of amides is 1. The lowest BCUT2D eigenvalue weighted by Crippen LogP contribution is -2.45. The van der Waals surface area contributed by atoms with Crippen LogP contribution in [0.2, 0.25) is 0 Å². The molecule has 3 rings (SSSR count). The summed E-state index contributed by atoms with van der Waals surface area (Å²) in [5, 5.41) is 3.14. The monoisotopic (exact) mass is 350 g/mol. The van der Waals surface area contributed by atoms with Crippen molar-refractivity contribution in [2.24, 2.45) is 5.92 Å². The first-order valence-electron chi connectivity index (χ1n) is 8.87. The van der Waals surface area contributed by atoms with Crippen LogP contribution in [0.5, 0.6) is 0 Å². The Morgan fingerprint density at radius 1 is 1.04 bits per heavy atom. The van der Waals surface area contributed by atoms with Crippen LogP contribution in [0.3, 0.4) is 0 Å². The normalized spacial score (nSPS) is 21.0. The van der Waals surface area contributed by atoms with Crippen LogP contribution >= 0.6 is 0 Å². The van der Waals surface area contributed by atoms with Crippen molar-refractivity contribution in [3.8, 4) is 0 Å². The average Bonchev–Trinajstić information content (AvgIpc) is 3.08. The fraction of sp³-hybridized carbons (Fsp3) is 0.611. The Bertz CT molecular complexity index is 646. The first-order chi connectivity index (χ1) is 11.5. The Kier molecular flexibility index (Phi) is 5.56. The highest BCUT2D eigenvalue weighted by atomic mass is 32.2. The Hall–Kier alpha value is -1.40. The number of carbonyl (C=O) groups excluding carboxylic acids is 1. The summed E-state index contributed by atoms with van der Waals surface area (Å²) in [7, 11) is -3.31. The molecule has 1 aromatic rings. The second-order valence-electron chi connectivity index (χ2n) is 6.91. The Balaban J connectivity index is 1.51. The maximum absolute atomic E-state index is 12.5. The van der Waals surface area contributed by atoms with Crippen molar-refractivity contribution < 1.29 is 13.2 Å². The van der Waals surface area contributed by atoms with E-state index in [1.165, 1.54) is 12.8 Å². The summed E-state index contributed by atoms with van der Waals surface area (Å²) >= 11 is 0. The Morgan fingerprint density at radius 3 is 2.29 bits per heavy atom. The summed E-state index contributed by atoms with van der Waals surface area (Å²) in [5.74, 6) is 0.100. The fourth-order valence-corrected chi connectivity index (χ4v) is 5.22. The smallest absolute Gasteiger partial charge is 0.223 e. The average molecular weight is 350 g/mol. The minimum Gasteiger partial charge on any atom is -0.353 e. The van der Waals surface area contributed by atoms with Gasteiger partial charge in [-0.1, -0.05) is 43.2 Å². The molecule has 1 N–H and O–H groups in total. The summed E-state index contributed by atoms with van der Waals surface area (Å²) in [6.45, 7) is 0.885. The number of carbonyl (C=O) groups is 1. The molecule has 24 heavy (non-hydrogen) atoms. The fourth-order valence-electron chi connectivity index (χ4n) is 3.66. The van der Waals surface area contributed by atoms with Gasteiger partial charge in [-0.15, -0.1) is 0 Å². The summed E-state index contributed by atoms with van der Waals surface area (Å²) in [5.41, 5.74) is 0.804. The van der Waals surface area contributed by atoms with Crippen LogP contribution in [0.25, 0.3) is 0 Å². The standard InChI is InChI=1S/C18H26N2O3S/c21-18(19-17-8-4-5-9-17)16-10-12-20(13-11-16)24(22,23)14-15-6-2-1-3-7-15/h1-3,6-7,16-17H,4-5,8-14H2,(H,19,21). The van der Waals surface area contributed by atoms with Crippen LogP contribution < -0.4 is 5.32 Å². The molecule has 0 radical (unpaired) electrons. The van der Waals surface area contributed by atoms with Gasteiger partial charge >= 0.3 is 0 Å². The van der Waals surface area contributed by atoms with Crippen molar-refractivity contribution in [1.82, 2.24) is 9.62 Å². The highest BCUT2D eigenvalue weighted by Gasteiger charge is 2.32. The third-order valence-corrected chi connectivity index (χ3v) is 6.96. The van der Waals surface area contributed by atoms with Crippen LogP contribution in [0.4, 0.5) is 0 Å². The largest absolute Gasteiger partial charge is 0.353 e. The first kappa shape index (κ1) is 17.4. The van der Waals surface area contributed by atoms with E-state index in [2.05, 4.69) is 5.32 Å². The van der Waals surface area contributed by atoms with Crippen LogP contribution in [0.15, 0.2) is 30.3 Å². The van der Waals surface area contributed by atoms with Gasteiger partial charge in [0.1, 0.15) is 0 Å². The number of hydrogen-bond donors (Lipinski definition) is 1. The summed E-state index contributed by atoms with van der Waals surface area (Å²) in [6, 6.07) is 9.58. The van der Waals surface area contributed by atoms with E-state index in [1.807, 2.05) is 30.3 Å². The third-order valence-electron chi connectivity index (χ3n) is 5.11. The predicted molar refractivity (Wildman–Crippen MR) is 93.8 cm³/mol. The van der Waals surface area contributed by atoms with E-state index in [0.29, 0.717) is 32.0 Å². The summed E-state index contributed by atoms with van der Waals surface area (Å²) in [4.78, 5) is 12.3. The second-order valence-corrected chi connectivity index (χ2v) is 8.87. The molecule has 5 nitrogen and oxygen atoms in total. The number of nitrogens with zero attached hydrogens (tertiary/aromatic N) is 1. The molecule has 1 aliphatic heterocycles. The van der Waals surface area contributed by atoms with Crippen molar-refractivity contribution in [3.63, 3.8) is 0 Å². The van der Waals surface area contributed by atoms with Gasteiger partial charge in [0.15, 0.2) is 0 Å². The molecule has 2 fully saturated rings. The topological polar surface area (TPSA) is 66.5 Å². The lowest BCUT2D eigenvalue weighted by atomic mass is 9.97. The van der Waals surface area contributed by atoms with Crippen molar-refractivity contribution in [2.75, 3.05) is 13.1 Å². The number of benzene rings is 1. The molecular formula is C18H26N2O3S. The zero-order chi connectivity index (χ0) is 17.0. The van der Waals surface area contributed by atoms with Gasteiger partial charge < -0.3 is 5.32 Å². The lowest BCUT2D eigenvalue weighted by molar-refractivity contribution is -0.126.